The van der Waals surface area contributed by atoms with Crippen molar-refractivity contribution < 1.29 is 18.3 Å². The van der Waals surface area contributed by atoms with E-state index in [1.807, 2.05) is 0 Å². The Morgan fingerprint density at radius 3 is 2.20 bits per heavy atom. The van der Waals surface area contributed by atoms with Crippen LogP contribution in [-0.4, -0.2) is 36.9 Å². The van der Waals surface area contributed by atoms with Crippen molar-refractivity contribution in [3.63, 3.8) is 0 Å². The zero-order valence-electron chi connectivity index (χ0n) is 12.0. The smallest absolute Gasteiger partial charge is 0.318 e. The second kappa shape index (κ2) is 6.85. The van der Waals surface area contributed by atoms with Gasteiger partial charge in [-0.25, -0.2) is 8.42 Å². The number of benzene rings is 1. The monoisotopic (exact) mass is 299 g/mol. The summed E-state index contributed by atoms with van der Waals surface area (Å²) in [4.78, 5) is 10.9. The summed E-state index contributed by atoms with van der Waals surface area (Å²) in [5, 5.41) is 8.77. The Balaban J connectivity index is 3.06. The predicted molar refractivity (Wildman–Crippen MR) is 77.2 cm³/mol. The van der Waals surface area contributed by atoms with Gasteiger partial charge in [0.15, 0.2) is 0 Å². The molecule has 1 aromatic rings. The lowest BCUT2D eigenvalue weighted by molar-refractivity contribution is -0.137. The molecular weight excluding hydrogens is 278 g/mol. The Kier molecular flexibility index (Phi) is 5.71. The lowest BCUT2D eigenvalue weighted by Gasteiger charge is -2.19. The number of rotatable bonds is 7. The van der Waals surface area contributed by atoms with Gasteiger partial charge in [-0.15, -0.1) is 0 Å². The molecule has 20 heavy (non-hydrogen) atoms. The quantitative estimate of drug-likeness (QED) is 0.838. The first-order valence-electron chi connectivity index (χ1n) is 6.64. The Morgan fingerprint density at radius 1 is 1.25 bits per heavy atom. The second-order valence-electron chi connectivity index (χ2n) is 4.70. The van der Waals surface area contributed by atoms with E-state index in [9.17, 15) is 13.2 Å². The number of nitrogens with zero attached hydrogens (tertiary/aromatic N) is 1. The highest BCUT2D eigenvalue weighted by Crippen LogP contribution is 2.22. The van der Waals surface area contributed by atoms with Crippen molar-refractivity contribution in [1.82, 2.24) is 4.31 Å². The van der Waals surface area contributed by atoms with Crippen LogP contribution in [0.4, 0.5) is 0 Å². The van der Waals surface area contributed by atoms with E-state index in [-0.39, 0.29) is 11.4 Å². The zero-order valence-corrected chi connectivity index (χ0v) is 12.9. The van der Waals surface area contributed by atoms with Crippen LogP contribution in [0.5, 0.6) is 0 Å². The van der Waals surface area contributed by atoms with Crippen LogP contribution in [0.15, 0.2) is 29.2 Å². The molecule has 0 saturated carbocycles. The van der Waals surface area contributed by atoms with Crippen molar-refractivity contribution in [2.24, 2.45) is 0 Å². The molecule has 1 aromatic carbocycles. The molecule has 0 amide bonds. The number of carbonyl (C=O) groups is 1. The zero-order chi connectivity index (χ0) is 15.3. The van der Waals surface area contributed by atoms with Crippen molar-refractivity contribution in [2.75, 3.05) is 13.1 Å². The molecule has 0 aliphatic rings. The maximum absolute atomic E-state index is 12.3. The number of hydrogen-bond acceptors (Lipinski definition) is 3. The van der Waals surface area contributed by atoms with Crippen LogP contribution >= 0.6 is 0 Å². The van der Waals surface area contributed by atoms with Crippen LogP contribution in [-0.2, 0) is 14.8 Å². The molecule has 0 aliphatic carbocycles. The van der Waals surface area contributed by atoms with Crippen LogP contribution < -0.4 is 0 Å². The molecule has 0 spiro atoms. The lowest BCUT2D eigenvalue weighted by Crippen LogP contribution is -2.35. The lowest BCUT2D eigenvalue weighted by atomic mass is 9.99. The molecule has 0 heterocycles. The number of carboxylic acids is 1. The van der Waals surface area contributed by atoms with Gasteiger partial charge in [0.05, 0.1) is 4.90 Å². The number of carboxylic acid groups (broad SMARTS) is 1. The van der Waals surface area contributed by atoms with Crippen molar-refractivity contribution in [1.29, 1.82) is 0 Å². The normalized spacial score (nSPS) is 13.4. The van der Waals surface area contributed by atoms with Crippen LogP contribution in [0.1, 0.15) is 38.7 Å². The second-order valence-corrected chi connectivity index (χ2v) is 6.64. The van der Waals surface area contributed by atoms with E-state index in [2.05, 4.69) is 13.8 Å². The van der Waals surface area contributed by atoms with Gasteiger partial charge < -0.3 is 5.11 Å². The van der Waals surface area contributed by atoms with E-state index in [1.54, 1.807) is 31.2 Å². The fourth-order valence-electron chi connectivity index (χ4n) is 1.87. The van der Waals surface area contributed by atoms with Crippen molar-refractivity contribution >= 4 is 16.0 Å². The summed E-state index contributed by atoms with van der Waals surface area (Å²) < 4.78 is 25.6. The average Bonchev–Trinajstić information content (AvgIpc) is 2.43. The van der Waals surface area contributed by atoms with E-state index < -0.39 is 22.5 Å². The molecule has 1 rings (SSSR count). The molecule has 0 aromatic heterocycles. The highest BCUT2D eigenvalue weighted by atomic mass is 32.2. The third-order valence-corrected chi connectivity index (χ3v) is 5.30. The molecule has 5 nitrogen and oxygen atoms in total. The molecule has 0 saturated heterocycles. The Labute approximate surface area is 120 Å². The number of hydrogen-bond donors (Lipinski definition) is 1. The summed E-state index contributed by atoms with van der Waals surface area (Å²) in [7, 11) is -3.74. The maximum Gasteiger partial charge on any atom is 0.318 e. The van der Waals surface area contributed by atoms with Crippen molar-refractivity contribution in [3.05, 3.63) is 29.8 Å². The van der Waals surface area contributed by atoms with Crippen molar-refractivity contribution in [2.45, 2.75) is 38.0 Å². The summed E-state index contributed by atoms with van der Waals surface area (Å²) in [6, 6.07) is 6.66. The van der Waals surface area contributed by atoms with Crippen LogP contribution in [0, 0.1) is 0 Å². The molecule has 0 bridgehead atoms. The highest BCUT2D eigenvalue weighted by Gasteiger charge is 2.25. The van der Waals surface area contributed by atoms with Crippen LogP contribution in [0.2, 0.25) is 0 Å². The topological polar surface area (TPSA) is 74.7 Å². The molecule has 6 heteroatoms. The van der Waals surface area contributed by atoms with E-state index in [4.69, 9.17) is 5.11 Å². The van der Waals surface area contributed by atoms with E-state index in [1.165, 1.54) is 0 Å². The van der Waals surface area contributed by atoms with E-state index in [0.717, 1.165) is 16.3 Å². The minimum atomic E-state index is -3.74. The predicted octanol–water partition coefficient (Wildman–Crippen LogP) is 2.30. The molecule has 112 valence electrons. The van der Waals surface area contributed by atoms with Gasteiger partial charge in [0.25, 0.3) is 0 Å². The largest absolute Gasteiger partial charge is 0.480 e. The van der Waals surface area contributed by atoms with Crippen LogP contribution in [0.25, 0.3) is 0 Å². The molecule has 1 unspecified atom stereocenters. The fourth-order valence-corrected chi connectivity index (χ4v) is 3.27. The summed E-state index contributed by atoms with van der Waals surface area (Å²) in [6.07, 6.45) is 0.978. The van der Waals surface area contributed by atoms with E-state index >= 15 is 0 Å². The SMILES string of the molecule is CCC(C)c1ccc(S(=O)(=O)N(CC)CC(=O)O)cc1. The van der Waals surface area contributed by atoms with E-state index in [0.29, 0.717) is 5.92 Å². The Bertz CT molecular complexity index is 551. The van der Waals surface area contributed by atoms with Gasteiger partial charge in [-0.2, -0.15) is 4.31 Å². The summed E-state index contributed by atoms with van der Waals surface area (Å²) in [5.74, 6) is -0.792. The van der Waals surface area contributed by atoms with Gasteiger partial charge in [0, 0.05) is 6.54 Å². The number of aliphatic carboxylic acids is 1. The van der Waals surface area contributed by atoms with Gasteiger partial charge in [0.1, 0.15) is 6.54 Å². The van der Waals surface area contributed by atoms with Crippen molar-refractivity contribution in [3.8, 4) is 0 Å². The van der Waals surface area contributed by atoms with Gasteiger partial charge >= 0.3 is 5.97 Å². The third kappa shape index (κ3) is 3.80. The summed E-state index contributed by atoms with van der Waals surface area (Å²) in [5.41, 5.74) is 1.08. The first-order valence-corrected chi connectivity index (χ1v) is 8.08. The molecule has 1 N–H and O–H groups in total. The van der Waals surface area contributed by atoms with Gasteiger partial charge in [0.2, 0.25) is 10.0 Å². The Hall–Kier alpha value is -1.40. The van der Waals surface area contributed by atoms with Gasteiger partial charge in [-0.3, -0.25) is 4.79 Å². The molecule has 0 aliphatic heterocycles. The highest BCUT2D eigenvalue weighted by molar-refractivity contribution is 7.89. The Morgan fingerprint density at radius 2 is 1.80 bits per heavy atom. The minimum absolute atomic E-state index is 0.127. The maximum atomic E-state index is 12.3. The first kappa shape index (κ1) is 16.7. The first-order chi connectivity index (χ1) is 9.32. The standard InChI is InChI=1S/C14H21NO4S/c1-4-11(3)12-6-8-13(9-7-12)20(18,19)15(5-2)10-14(16)17/h6-9,11H,4-5,10H2,1-3H3,(H,16,17). The molecular formula is C14H21NO4S. The molecule has 1 atom stereocenters. The average molecular weight is 299 g/mol. The number of sulfonamides is 1. The molecule has 0 radical (unpaired) electrons. The van der Waals surface area contributed by atoms with Crippen LogP contribution in [0.3, 0.4) is 0 Å². The third-order valence-electron chi connectivity index (χ3n) is 3.36. The summed E-state index contributed by atoms with van der Waals surface area (Å²) in [6.45, 7) is 5.37. The summed E-state index contributed by atoms with van der Waals surface area (Å²) >= 11 is 0. The minimum Gasteiger partial charge on any atom is -0.480 e. The number of likely N-dealkylation sites (N-methyl/N-ethyl adjacent to an activating group) is 1. The fraction of sp³-hybridized carbons (Fsp3) is 0.500. The van der Waals surface area contributed by atoms with Gasteiger partial charge in [-0.1, -0.05) is 32.9 Å². The molecule has 0 fully saturated rings. The van der Waals surface area contributed by atoms with Gasteiger partial charge in [-0.05, 0) is 30.0 Å².